The highest BCUT2D eigenvalue weighted by Gasteiger charge is 2.14. The van der Waals surface area contributed by atoms with Crippen molar-refractivity contribution in [2.24, 2.45) is 0 Å². The van der Waals surface area contributed by atoms with Crippen LogP contribution in [0.15, 0.2) is 12.2 Å². The molecule has 0 atom stereocenters. The van der Waals surface area contributed by atoms with E-state index < -0.39 is 0 Å². The molecule has 13 heavy (non-hydrogen) atoms. The first-order valence-electron chi connectivity index (χ1n) is 4.91. The number of rotatable bonds is 4. The Hall–Kier alpha value is -0.990. The van der Waals surface area contributed by atoms with Gasteiger partial charge in [-0.15, -0.1) is 0 Å². The van der Waals surface area contributed by atoms with E-state index in [1.54, 1.807) is 4.90 Å². The van der Waals surface area contributed by atoms with Crippen LogP contribution in [0.3, 0.4) is 0 Å². The van der Waals surface area contributed by atoms with Gasteiger partial charge in [0, 0.05) is 13.1 Å². The van der Waals surface area contributed by atoms with Gasteiger partial charge in [0.1, 0.15) is 0 Å². The summed E-state index contributed by atoms with van der Waals surface area (Å²) in [7, 11) is 0. The molecule has 1 aliphatic rings. The number of nitrogens with zero attached hydrogens (tertiary/aromatic N) is 1. The number of carbonyl (C=O) groups is 1. The highest BCUT2D eigenvalue weighted by atomic mass is 16.6. The Balaban J connectivity index is 2.04. The van der Waals surface area contributed by atoms with Gasteiger partial charge in [0.2, 0.25) is 0 Å². The second-order valence-electron chi connectivity index (χ2n) is 3.20. The predicted molar refractivity (Wildman–Crippen MR) is 51.6 cm³/mol. The minimum absolute atomic E-state index is 0.180. The lowest BCUT2D eigenvalue weighted by molar-refractivity contribution is 0.110. The van der Waals surface area contributed by atoms with Crippen LogP contribution < -0.4 is 0 Å². The van der Waals surface area contributed by atoms with E-state index in [0.29, 0.717) is 19.7 Å². The Morgan fingerprint density at radius 1 is 1.38 bits per heavy atom. The van der Waals surface area contributed by atoms with E-state index in [-0.39, 0.29) is 6.09 Å². The molecule has 1 amide bonds. The minimum Gasteiger partial charge on any atom is -0.449 e. The van der Waals surface area contributed by atoms with Crippen LogP contribution >= 0.6 is 0 Å². The molecule has 0 fully saturated rings. The molecule has 0 bridgehead atoms. The molecule has 0 radical (unpaired) electrons. The van der Waals surface area contributed by atoms with Crippen molar-refractivity contribution < 1.29 is 9.53 Å². The van der Waals surface area contributed by atoms with Crippen LogP contribution in [0.4, 0.5) is 4.79 Å². The fourth-order valence-electron chi connectivity index (χ4n) is 1.23. The summed E-state index contributed by atoms with van der Waals surface area (Å²) in [6.45, 7) is 4.09. The predicted octanol–water partition coefficient (Wildman–Crippen LogP) is 2.19. The number of unbranched alkanes of at least 4 members (excludes halogenated alkanes) is 2. The van der Waals surface area contributed by atoms with E-state index in [0.717, 1.165) is 19.3 Å². The highest BCUT2D eigenvalue weighted by Crippen LogP contribution is 2.02. The van der Waals surface area contributed by atoms with E-state index in [9.17, 15) is 4.79 Å². The molecule has 0 unspecified atom stereocenters. The zero-order chi connectivity index (χ0) is 9.52. The Kier molecular flexibility index (Phi) is 4.36. The maximum absolute atomic E-state index is 11.3. The zero-order valence-electron chi connectivity index (χ0n) is 8.16. The molecule has 0 aromatic heterocycles. The summed E-state index contributed by atoms with van der Waals surface area (Å²) in [6.07, 6.45) is 7.04. The molecule has 0 saturated heterocycles. The third-order valence-corrected chi connectivity index (χ3v) is 2.05. The Morgan fingerprint density at radius 2 is 2.08 bits per heavy atom. The lowest BCUT2D eigenvalue weighted by Crippen LogP contribution is -2.29. The number of ether oxygens (including phenoxy) is 1. The molecule has 0 aromatic carbocycles. The molecule has 3 nitrogen and oxygen atoms in total. The van der Waals surface area contributed by atoms with Gasteiger partial charge in [-0.1, -0.05) is 31.9 Å². The summed E-state index contributed by atoms with van der Waals surface area (Å²) in [5, 5.41) is 0. The highest BCUT2D eigenvalue weighted by molar-refractivity contribution is 5.68. The smallest absolute Gasteiger partial charge is 0.410 e. The van der Waals surface area contributed by atoms with E-state index in [1.165, 1.54) is 0 Å². The number of amides is 1. The van der Waals surface area contributed by atoms with E-state index >= 15 is 0 Å². The quantitative estimate of drug-likeness (QED) is 0.494. The number of hydrogen-bond acceptors (Lipinski definition) is 2. The Labute approximate surface area is 79.4 Å². The van der Waals surface area contributed by atoms with E-state index in [1.807, 2.05) is 12.2 Å². The van der Waals surface area contributed by atoms with Crippen molar-refractivity contribution in [3.63, 3.8) is 0 Å². The fourth-order valence-corrected chi connectivity index (χ4v) is 1.23. The molecule has 1 aliphatic heterocycles. The van der Waals surface area contributed by atoms with Gasteiger partial charge in [-0.3, -0.25) is 0 Å². The van der Waals surface area contributed by atoms with Crippen molar-refractivity contribution in [1.82, 2.24) is 4.90 Å². The second kappa shape index (κ2) is 5.62. The van der Waals surface area contributed by atoms with Crippen LogP contribution in [0.1, 0.15) is 26.2 Å². The first kappa shape index (κ1) is 10.1. The summed E-state index contributed by atoms with van der Waals surface area (Å²) >= 11 is 0. The van der Waals surface area contributed by atoms with Crippen LogP contribution in [0.25, 0.3) is 0 Å². The van der Waals surface area contributed by atoms with Crippen LogP contribution in [0.2, 0.25) is 0 Å². The summed E-state index contributed by atoms with van der Waals surface area (Å²) < 4.78 is 5.08. The molecular formula is C10H17NO2. The van der Waals surface area contributed by atoms with Crippen LogP contribution in [0.5, 0.6) is 0 Å². The standard InChI is InChI=1S/C10H17NO2/c1-2-3-6-9-13-10(12)11-7-4-5-8-11/h4-5H,2-3,6-9H2,1H3. The lowest BCUT2D eigenvalue weighted by atomic mass is 10.3. The molecule has 0 spiro atoms. The largest absolute Gasteiger partial charge is 0.449 e. The van der Waals surface area contributed by atoms with E-state index in [4.69, 9.17) is 4.74 Å². The van der Waals surface area contributed by atoms with Crippen molar-refractivity contribution >= 4 is 6.09 Å². The minimum atomic E-state index is -0.180. The average Bonchev–Trinajstić information content (AvgIpc) is 2.65. The molecule has 74 valence electrons. The van der Waals surface area contributed by atoms with Crippen molar-refractivity contribution in [3.05, 3.63) is 12.2 Å². The number of carbonyl (C=O) groups excluding carboxylic acids is 1. The SMILES string of the molecule is CCCCCOC(=O)N1CC=CC1. The molecule has 1 rings (SSSR count). The molecule has 0 aromatic rings. The third-order valence-electron chi connectivity index (χ3n) is 2.05. The van der Waals surface area contributed by atoms with Crippen LogP contribution in [-0.4, -0.2) is 30.7 Å². The van der Waals surface area contributed by atoms with Gasteiger partial charge < -0.3 is 9.64 Å². The summed E-state index contributed by atoms with van der Waals surface area (Å²) in [6, 6.07) is 0. The van der Waals surface area contributed by atoms with Gasteiger partial charge in [-0.2, -0.15) is 0 Å². The average molecular weight is 183 g/mol. The maximum atomic E-state index is 11.3. The molecule has 0 aliphatic carbocycles. The van der Waals surface area contributed by atoms with Gasteiger partial charge in [0.25, 0.3) is 0 Å². The van der Waals surface area contributed by atoms with Crippen molar-refractivity contribution in [2.75, 3.05) is 19.7 Å². The molecule has 1 heterocycles. The van der Waals surface area contributed by atoms with Gasteiger partial charge in [0.05, 0.1) is 6.61 Å². The van der Waals surface area contributed by atoms with Crippen molar-refractivity contribution in [2.45, 2.75) is 26.2 Å². The monoisotopic (exact) mass is 183 g/mol. The van der Waals surface area contributed by atoms with Gasteiger partial charge >= 0.3 is 6.09 Å². The maximum Gasteiger partial charge on any atom is 0.410 e. The Bertz CT molecular complexity index is 181. The van der Waals surface area contributed by atoms with Crippen molar-refractivity contribution in [3.8, 4) is 0 Å². The third kappa shape index (κ3) is 3.49. The molecule has 0 saturated carbocycles. The summed E-state index contributed by atoms with van der Waals surface area (Å²) in [4.78, 5) is 13.0. The van der Waals surface area contributed by atoms with Gasteiger partial charge in [-0.05, 0) is 6.42 Å². The molecule has 0 N–H and O–H groups in total. The first-order chi connectivity index (χ1) is 6.34. The zero-order valence-corrected chi connectivity index (χ0v) is 8.16. The van der Waals surface area contributed by atoms with E-state index in [2.05, 4.69) is 6.92 Å². The van der Waals surface area contributed by atoms with Gasteiger partial charge in [-0.25, -0.2) is 4.79 Å². The van der Waals surface area contributed by atoms with Crippen molar-refractivity contribution in [1.29, 1.82) is 0 Å². The summed E-state index contributed by atoms with van der Waals surface area (Å²) in [5.74, 6) is 0. The molecular weight excluding hydrogens is 166 g/mol. The second-order valence-corrected chi connectivity index (χ2v) is 3.20. The Morgan fingerprint density at radius 3 is 2.69 bits per heavy atom. The molecule has 3 heteroatoms. The summed E-state index contributed by atoms with van der Waals surface area (Å²) in [5.41, 5.74) is 0. The topological polar surface area (TPSA) is 29.5 Å². The van der Waals surface area contributed by atoms with Crippen LogP contribution in [-0.2, 0) is 4.74 Å². The lowest BCUT2D eigenvalue weighted by Gasteiger charge is -2.14. The first-order valence-corrected chi connectivity index (χ1v) is 4.91. The van der Waals surface area contributed by atoms with Crippen LogP contribution in [0, 0.1) is 0 Å². The van der Waals surface area contributed by atoms with Gasteiger partial charge in [0.15, 0.2) is 0 Å². The normalized spacial score (nSPS) is 15.0. The fraction of sp³-hybridized carbons (Fsp3) is 0.700. The number of hydrogen-bond donors (Lipinski definition) is 0.